The summed E-state index contributed by atoms with van der Waals surface area (Å²) < 4.78 is 5.52. The zero-order valence-corrected chi connectivity index (χ0v) is 13.9. The molecule has 0 saturated carbocycles. The van der Waals surface area contributed by atoms with Crippen LogP contribution in [0, 0.1) is 0 Å². The molecule has 2 aromatic carbocycles. The Balaban J connectivity index is 1.53. The maximum Gasteiger partial charge on any atom is 0.326 e. The molecule has 3 N–H and O–H groups in total. The molecule has 2 unspecified atom stereocenters. The second kappa shape index (κ2) is 6.55. The van der Waals surface area contributed by atoms with E-state index in [4.69, 9.17) is 4.74 Å². The number of carboxylic acid groups (broad SMARTS) is 1. The molecule has 1 aliphatic heterocycles. The first kappa shape index (κ1) is 16.2. The molecule has 6 nitrogen and oxygen atoms in total. The van der Waals surface area contributed by atoms with Crippen molar-refractivity contribution in [2.45, 2.75) is 18.4 Å². The summed E-state index contributed by atoms with van der Waals surface area (Å²) in [7, 11) is 0. The average molecular weight is 350 g/mol. The molecule has 3 aromatic rings. The smallest absolute Gasteiger partial charge is 0.326 e. The summed E-state index contributed by atoms with van der Waals surface area (Å²) in [5, 5.41) is 13.2. The zero-order valence-electron chi connectivity index (χ0n) is 13.9. The Hall–Kier alpha value is -3.28. The van der Waals surface area contributed by atoms with Crippen LogP contribution in [0.5, 0.6) is 5.75 Å². The first-order valence-electron chi connectivity index (χ1n) is 8.43. The molecule has 0 aliphatic carbocycles. The Bertz CT molecular complexity index is 979. The van der Waals surface area contributed by atoms with Gasteiger partial charge in [0, 0.05) is 29.1 Å². The predicted octanol–water partition coefficient (Wildman–Crippen LogP) is 2.46. The Morgan fingerprint density at radius 2 is 1.96 bits per heavy atom. The summed E-state index contributed by atoms with van der Waals surface area (Å²) in [5.74, 6) is -1.20. The number of amides is 1. The van der Waals surface area contributed by atoms with Crippen LogP contribution in [0.3, 0.4) is 0 Å². The normalized spacial score (nSPS) is 16.7. The van der Waals surface area contributed by atoms with Crippen molar-refractivity contribution < 1.29 is 19.4 Å². The van der Waals surface area contributed by atoms with Gasteiger partial charge in [-0.3, -0.25) is 4.79 Å². The molecule has 0 saturated heterocycles. The highest BCUT2D eigenvalue weighted by Crippen LogP contribution is 2.33. The molecule has 2 atom stereocenters. The quantitative estimate of drug-likeness (QED) is 0.659. The van der Waals surface area contributed by atoms with Crippen molar-refractivity contribution in [2.24, 2.45) is 0 Å². The monoisotopic (exact) mass is 350 g/mol. The fourth-order valence-corrected chi connectivity index (χ4v) is 3.37. The van der Waals surface area contributed by atoms with Crippen molar-refractivity contribution in [1.29, 1.82) is 0 Å². The Morgan fingerprint density at radius 1 is 1.19 bits per heavy atom. The lowest BCUT2D eigenvalue weighted by Crippen LogP contribution is -2.44. The highest BCUT2D eigenvalue weighted by molar-refractivity contribution is 5.90. The van der Waals surface area contributed by atoms with Gasteiger partial charge in [-0.25, -0.2) is 4.79 Å². The average Bonchev–Trinajstić information content (AvgIpc) is 3.25. The van der Waals surface area contributed by atoms with Crippen molar-refractivity contribution >= 4 is 22.8 Å². The van der Waals surface area contributed by atoms with Crippen LogP contribution in [-0.2, 0) is 16.0 Å². The van der Waals surface area contributed by atoms with Gasteiger partial charge < -0.3 is 20.1 Å². The number of aromatic nitrogens is 1. The van der Waals surface area contributed by atoms with Gasteiger partial charge in [-0.1, -0.05) is 36.4 Å². The Labute approximate surface area is 149 Å². The molecular formula is C20H18N2O4. The van der Waals surface area contributed by atoms with E-state index in [0.717, 1.165) is 22.0 Å². The zero-order chi connectivity index (χ0) is 18.1. The number of carbonyl (C=O) groups is 2. The molecule has 0 radical (unpaired) electrons. The standard InChI is InChI=1S/C20H18N2O4/c23-19(15-11-26-18-8-4-2-6-14(15)18)22-17(20(24)25)9-12-10-21-16-7-3-1-5-13(12)16/h1-8,10,15,17,21H,9,11H2,(H,22,23)(H,24,25). The molecule has 0 spiro atoms. The second-order valence-electron chi connectivity index (χ2n) is 6.36. The van der Waals surface area contributed by atoms with Crippen LogP contribution >= 0.6 is 0 Å². The number of para-hydroxylation sites is 2. The van der Waals surface area contributed by atoms with Gasteiger partial charge in [0.2, 0.25) is 5.91 Å². The highest BCUT2D eigenvalue weighted by atomic mass is 16.5. The number of hydrogen-bond donors (Lipinski definition) is 3. The van der Waals surface area contributed by atoms with Crippen LogP contribution in [0.25, 0.3) is 10.9 Å². The molecule has 2 heterocycles. The third kappa shape index (κ3) is 2.90. The van der Waals surface area contributed by atoms with Crippen molar-refractivity contribution in [3.63, 3.8) is 0 Å². The minimum Gasteiger partial charge on any atom is -0.492 e. The van der Waals surface area contributed by atoms with Crippen LogP contribution < -0.4 is 10.1 Å². The van der Waals surface area contributed by atoms with Gasteiger partial charge in [-0.05, 0) is 17.7 Å². The lowest BCUT2D eigenvalue weighted by Gasteiger charge is -2.17. The SMILES string of the molecule is O=C(O)C(Cc1c[nH]c2ccccc12)NC(=O)C1COc2ccccc21. The molecule has 6 heteroatoms. The fraction of sp³-hybridized carbons (Fsp3) is 0.200. The minimum atomic E-state index is -1.06. The molecule has 132 valence electrons. The third-order valence-electron chi connectivity index (χ3n) is 4.73. The van der Waals surface area contributed by atoms with Gasteiger partial charge in [0.05, 0.1) is 0 Å². The van der Waals surface area contributed by atoms with Crippen LogP contribution in [0.15, 0.2) is 54.7 Å². The number of aliphatic carboxylic acids is 1. The van der Waals surface area contributed by atoms with E-state index in [1.807, 2.05) is 48.5 Å². The minimum absolute atomic E-state index is 0.209. The first-order valence-corrected chi connectivity index (χ1v) is 8.43. The number of hydrogen-bond acceptors (Lipinski definition) is 3. The van der Waals surface area contributed by atoms with E-state index in [1.165, 1.54) is 0 Å². The number of rotatable bonds is 5. The first-order chi connectivity index (χ1) is 12.6. The van der Waals surface area contributed by atoms with Crippen molar-refractivity contribution in [2.75, 3.05) is 6.61 Å². The molecule has 1 aromatic heterocycles. The number of carboxylic acids is 1. The largest absolute Gasteiger partial charge is 0.492 e. The van der Waals surface area contributed by atoms with E-state index < -0.39 is 17.9 Å². The topological polar surface area (TPSA) is 91.4 Å². The Kier molecular flexibility index (Phi) is 4.08. The molecule has 0 bridgehead atoms. The number of carbonyl (C=O) groups excluding carboxylic acids is 1. The summed E-state index contributed by atoms with van der Waals surface area (Å²) in [6.45, 7) is 0.227. The van der Waals surface area contributed by atoms with E-state index in [1.54, 1.807) is 6.20 Å². The molecular weight excluding hydrogens is 332 g/mol. The fourth-order valence-electron chi connectivity index (χ4n) is 3.37. The summed E-state index contributed by atoms with van der Waals surface area (Å²) in [6, 6.07) is 14.0. The number of ether oxygens (including phenoxy) is 1. The van der Waals surface area contributed by atoms with E-state index >= 15 is 0 Å². The molecule has 1 amide bonds. The van der Waals surface area contributed by atoms with Gasteiger partial charge in [0.25, 0.3) is 0 Å². The third-order valence-corrected chi connectivity index (χ3v) is 4.73. The number of nitrogens with one attached hydrogen (secondary N) is 2. The lowest BCUT2D eigenvalue weighted by molar-refractivity contribution is -0.142. The number of H-pyrrole nitrogens is 1. The van der Waals surface area contributed by atoms with Crippen LogP contribution in [-0.4, -0.2) is 34.6 Å². The summed E-state index contributed by atoms with van der Waals surface area (Å²) in [5.41, 5.74) is 2.59. The van der Waals surface area contributed by atoms with Gasteiger partial charge in [0.15, 0.2) is 0 Å². The van der Waals surface area contributed by atoms with Gasteiger partial charge in [-0.15, -0.1) is 0 Å². The van der Waals surface area contributed by atoms with E-state index in [-0.39, 0.29) is 18.9 Å². The predicted molar refractivity (Wildman–Crippen MR) is 96.2 cm³/mol. The van der Waals surface area contributed by atoms with Crippen LogP contribution in [0.4, 0.5) is 0 Å². The molecule has 1 aliphatic rings. The van der Waals surface area contributed by atoms with Gasteiger partial charge in [0.1, 0.15) is 24.3 Å². The van der Waals surface area contributed by atoms with Crippen molar-refractivity contribution in [1.82, 2.24) is 10.3 Å². The van der Waals surface area contributed by atoms with E-state index in [9.17, 15) is 14.7 Å². The number of fused-ring (bicyclic) bond motifs is 2. The van der Waals surface area contributed by atoms with Crippen LogP contribution in [0.2, 0.25) is 0 Å². The summed E-state index contributed by atoms with van der Waals surface area (Å²) >= 11 is 0. The van der Waals surface area contributed by atoms with E-state index in [2.05, 4.69) is 10.3 Å². The number of aromatic amines is 1. The summed E-state index contributed by atoms with van der Waals surface area (Å²) in [6.07, 6.45) is 2.00. The Morgan fingerprint density at radius 3 is 2.81 bits per heavy atom. The van der Waals surface area contributed by atoms with Crippen LogP contribution in [0.1, 0.15) is 17.0 Å². The van der Waals surface area contributed by atoms with Gasteiger partial charge in [-0.2, -0.15) is 0 Å². The molecule has 4 rings (SSSR count). The maximum absolute atomic E-state index is 12.7. The van der Waals surface area contributed by atoms with Crippen molar-refractivity contribution in [3.8, 4) is 5.75 Å². The highest BCUT2D eigenvalue weighted by Gasteiger charge is 2.32. The lowest BCUT2D eigenvalue weighted by atomic mass is 9.99. The van der Waals surface area contributed by atoms with Gasteiger partial charge >= 0.3 is 5.97 Å². The second-order valence-corrected chi connectivity index (χ2v) is 6.36. The maximum atomic E-state index is 12.7. The number of benzene rings is 2. The molecule has 0 fully saturated rings. The summed E-state index contributed by atoms with van der Waals surface area (Å²) in [4.78, 5) is 27.5. The molecule has 26 heavy (non-hydrogen) atoms. The van der Waals surface area contributed by atoms with E-state index in [0.29, 0.717) is 5.75 Å². The van der Waals surface area contributed by atoms with Crippen molar-refractivity contribution in [3.05, 3.63) is 65.9 Å².